The van der Waals surface area contributed by atoms with Gasteiger partial charge in [-0.25, -0.2) is 0 Å². The molecule has 1 aliphatic rings. The number of rotatable bonds is 8. The molecule has 1 atom stereocenters. The molecule has 0 spiro atoms. The van der Waals surface area contributed by atoms with Crippen LogP contribution in [-0.2, 0) is 9.59 Å². The number of Topliss-reactive ketones (excluding diaryl/α,β-unsaturated/α-hetero) is 1. The minimum atomic E-state index is -0.704. The summed E-state index contributed by atoms with van der Waals surface area (Å²) in [7, 11) is 3.79. The third-order valence-electron chi connectivity index (χ3n) is 5.32. The van der Waals surface area contributed by atoms with Crippen LogP contribution in [0.4, 0.5) is 0 Å². The number of nitrogens with zero attached hydrogens (tertiary/aromatic N) is 2. The zero-order valence-corrected chi connectivity index (χ0v) is 19.2. The van der Waals surface area contributed by atoms with Gasteiger partial charge in [0.1, 0.15) is 18.1 Å². The summed E-state index contributed by atoms with van der Waals surface area (Å²) in [5.74, 6) is -0.891. The van der Waals surface area contributed by atoms with Gasteiger partial charge in [-0.05, 0) is 62.5 Å². The van der Waals surface area contributed by atoms with Crippen molar-refractivity contribution in [2.75, 3.05) is 33.8 Å². The molecule has 3 rings (SSSR count). The number of hydrogen-bond acceptors (Lipinski definition) is 5. The second-order valence-corrected chi connectivity index (χ2v) is 8.36. The van der Waals surface area contributed by atoms with Crippen molar-refractivity contribution in [2.45, 2.75) is 13.0 Å². The molecular weight excluding hydrogens is 428 g/mol. The number of aliphatic hydroxyl groups is 1. The van der Waals surface area contributed by atoms with E-state index in [9.17, 15) is 14.7 Å². The van der Waals surface area contributed by atoms with Gasteiger partial charge in [-0.3, -0.25) is 9.59 Å². The lowest BCUT2D eigenvalue weighted by Gasteiger charge is -2.26. The van der Waals surface area contributed by atoms with E-state index in [-0.39, 0.29) is 11.3 Å². The topological polar surface area (TPSA) is 70.1 Å². The van der Waals surface area contributed by atoms with Crippen LogP contribution in [0.25, 0.3) is 5.76 Å². The lowest BCUT2D eigenvalue weighted by molar-refractivity contribution is -0.140. The molecule has 7 heteroatoms. The number of likely N-dealkylation sites (tertiary alicyclic amines) is 1. The van der Waals surface area contributed by atoms with Gasteiger partial charge < -0.3 is 19.6 Å². The highest BCUT2D eigenvalue weighted by Gasteiger charge is 2.45. The van der Waals surface area contributed by atoms with Crippen LogP contribution in [0, 0.1) is 6.92 Å². The standard InChI is InChI=1S/C25H27ClN2O4/c1-5-14-32-20-11-8-18(15-16(20)2)23(29)21-22(17-6-9-19(26)10-7-17)28(13-12-27(3)4)25(31)24(21)30/h5-11,15,22,29H,1,12-14H2,2-4H3. The first-order valence-corrected chi connectivity index (χ1v) is 10.7. The van der Waals surface area contributed by atoms with Crippen LogP contribution in [0.1, 0.15) is 22.7 Å². The first-order chi connectivity index (χ1) is 15.2. The van der Waals surface area contributed by atoms with Crippen LogP contribution in [0.2, 0.25) is 5.02 Å². The van der Waals surface area contributed by atoms with Gasteiger partial charge in [-0.1, -0.05) is 36.4 Å². The zero-order chi connectivity index (χ0) is 23.4. The summed E-state index contributed by atoms with van der Waals surface area (Å²) in [6.07, 6.45) is 1.65. The molecule has 0 saturated carbocycles. The quantitative estimate of drug-likeness (QED) is 0.280. The second kappa shape index (κ2) is 10.0. The van der Waals surface area contributed by atoms with Crippen molar-refractivity contribution in [3.05, 3.63) is 82.4 Å². The molecule has 1 N–H and O–H groups in total. The Morgan fingerprint density at radius 3 is 2.50 bits per heavy atom. The summed E-state index contributed by atoms with van der Waals surface area (Å²) in [4.78, 5) is 29.4. The molecule has 0 bridgehead atoms. The Hall–Kier alpha value is -3.09. The van der Waals surface area contributed by atoms with Gasteiger partial charge in [0.2, 0.25) is 0 Å². The highest BCUT2D eigenvalue weighted by molar-refractivity contribution is 6.46. The van der Waals surface area contributed by atoms with Gasteiger partial charge in [0.15, 0.2) is 0 Å². The molecule has 1 saturated heterocycles. The van der Waals surface area contributed by atoms with Crippen molar-refractivity contribution in [3.8, 4) is 5.75 Å². The van der Waals surface area contributed by atoms with Gasteiger partial charge in [-0.15, -0.1) is 0 Å². The summed E-state index contributed by atoms with van der Waals surface area (Å²) >= 11 is 6.04. The van der Waals surface area contributed by atoms with E-state index in [1.807, 2.05) is 25.9 Å². The average molecular weight is 455 g/mol. The summed E-state index contributed by atoms with van der Waals surface area (Å²) in [5.41, 5.74) is 2.01. The van der Waals surface area contributed by atoms with E-state index in [0.717, 1.165) is 5.56 Å². The maximum absolute atomic E-state index is 13.0. The number of benzene rings is 2. The molecular formula is C25H27ClN2O4. The number of hydrogen-bond donors (Lipinski definition) is 1. The lowest BCUT2D eigenvalue weighted by Crippen LogP contribution is -2.35. The van der Waals surface area contributed by atoms with Gasteiger partial charge in [-0.2, -0.15) is 0 Å². The van der Waals surface area contributed by atoms with Crippen LogP contribution in [0.15, 0.2) is 60.7 Å². The molecule has 0 aromatic heterocycles. The molecule has 168 valence electrons. The van der Waals surface area contributed by atoms with Crippen molar-refractivity contribution in [2.24, 2.45) is 0 Å². The van der Waals surface area contributed by atoms with Crippen molar-refractivity contribution in [1.82, 2.24) is 9.80 Å². The zero-order valence-electron chi connectivity index (χ0n) is 18.5. The third kappa shape index (κ3) is 4.87. The van der Waals surface area contributed by atoms with Crippen LogP contribution in [0.5, 0.6) is 5.75 Å². The van der Waals surface area contributed by atoms with Gasteiger partial charge in [0.25, 0.3) is 11.7 Å². The van der Waals surface area contributed by atoms with Gasteiger partial charge in [0, 0.05) is 23.7 Å². The van der Waals surface area contributed by atoms with Crippen LogP contribution < -0.4 is 4.74 Å². The largest absolute Gasteiger partial charge is 0.507 e. The first kappa shape index (κ1) is 23.6. The van der Waals surface area contributed by atoms with Crippen molar-refractivity contribution in [1.29, 1.82) is 0 Å². The minimum Gasteiger partial charge on any atom is -0.507 e. The minimum absolute atomic E-state index is 0.0650. The SMILES string of the molecule is C=CCOc1ccc(C(O)=C2C(=O)C(=O)N(CCN(C)C)C2c2ccc(Cl)cc2)cc1C. The predicted molar refractivity (Wildman–Crippen MR) is 126 cm³/mol. The predicted octanol–water partition coefficient (Wildman–Crippen LogP) is 4.20. The normalized spacial score (nSPS) is 17.8. The Bertz CT molecular complexity index is 1060. The third-order valence-corrected chi connectivity index (χ3v) is 5.57. The maximum Gasteiger partial charge on any atom is 0.295 e. The fourth-order valence-corrected chi connectivity index (χ4v) is 3.80. The number of aryl methyl sites for hydroxylation is 1. The number of carbonyl (C=O) groups excluding carboxylic acids is 2. The molecule has 1 unspecified atom stereocenters. The molecule has 1 aliphatic heterocycles. The molecule has 6 nitrogen and oxygen atoms in total. The van der Waals surface area contributed by atoms with Crippen LogP contribution >= 0.6 is 11.6 Å². The van der Waals surface area contributed by atoms with Crippen molar-refractivity contribution in [3.63, 3.8) is 0 Å². The lowest BCUT2D eigenvalue weighted by atomic mass is 9.95. The molecule has 32 heavy (non-hydrogen) atoms. The monoisotopic (exact) mass is 454 g/mol. The highest BCUT2D eigenvalue weighted by atomic mass is 35.5. The number of carbonyl (C=O) groups is 2. The van der Waals surface area contributed by atoms with Crippen molar-refractivity contribution >= 4 is 29.1 Å². The van der Waals surface area contributed by atoms with Crippen LogP contribution in [0.3, 0.4) is 0 Å². The average Bonchev–Trinajstić information content (AvgIpc) is 3.01. The van der Waals surface area contributed by atoms with E-state index in [0.29, 0.717) is 41.6 Å². The van der Waals surface area contributed by atoms with E-state index >= 15 is 0 Å². The number of ether oxygens (including phenoxy) is 1. The maximum atomic E-state index is 13.0. The number of amides is 1. The van der Waals surface area contributed by atoms with Crippen molar-refractivity contribution < 1.29 is 19.4 Å². The highest BCUT2D eigenvalue weighted by Crippen LogP contribution is 2.40. The molecule has 1 amide bonds. The Balaban J connectivity index is 2.09. The molecule has 1 heterocycles. The number of ketones is 1. The Kier molecular flexibility index (Phi) is 7.38. The van der Waals surface area contributed by atoms with E-state index in [1.54, 1.807) is 48.5 Å². The molecule has 0 radical (unpaired) electrons. The van der Waals surface area contributed by atoms with E-state index < -0.39 is 17.7 Å². The molecule has 2 aromatic carbocycles. The summed E-state index contributed by atoms with van der Waals surface area (Å²) in [6.45, 7) is 6.76. The summed E-state index contributed by atoms with van der Waals surface area (Å²) < 4.78 is 5.60. The van der Waals surface area contributed by atoms with Gasteiger partial charge in [0.05, 0.1) is 11.6 Å². The van der Waals surface area contributed by atoms with E-state index in [1.165, 1.54) is 4.90 Å². The Morgan fingerprint density at radius 1 is 1.22 bits per heavy atom. The molecule has 1 fully saturated rings. The molecule has 2 aromatic rings. The fourth-order valence-electron chi connectivity index (χ4n) is 3.67. The summed E-state index contributed by atoms with van der Waals surface area (Å²) in [5, 5.41) is 11.7. The summed E-state index contributed by atoms with van der Waals surface area (Å²) in [6, 6.07) is 11.4. The number of aliphatic hydroxyl groups excluding tert-OH is 1. The van der Waals surface area contributed by atoms with E-state index in [4.69, 9.17) is 16.3 Å². The van der Waals surface area contributed by atoms with Crippen LogP contribution in [-0.4, -0.2) is 60.4 Å². The van der Waals surface area contributed by atoms with Gasteiger partial charge >= 0.3 is 0 Å². The smallest absolute Gasteiger partial charge is 0.295 e. The Labute approximate surface area is 193 Å². The van der Waals surface area contributed by atoms with E-state index in [2.05, 4.69) is 6.58 Å². The first-order valence-electron chi connectivity index (χ1n) is 10.3. The molecule has 0 aliphatic carbocycles. The number of halogens is 1. The Morgan fingerprint density at radius 2 is 1.91 bits per heavy atom. The number of likely N-dealkylation sites (N-methyl/N-ethyl adjacent to an activating group) is 1. The fraction of sp³-hybridized carbons (Fsp3) is 0.280. The second-order valence-electron chi connectivity index (χ2n) is 7.93.